The third-order valence-corrected chi connectivity index (χ3v) is 6.12. The Morgan fingerprint density at radius 1 is 1.17 bits per heavy atom. The first-order chi connectivity index (χ1) is 11.2. The van der Waals surface area contributed by atoms with Gasteiger partial charge in [-0.05, 0) is 44.9 Å². The summed E-state index contributed by atoms with van der Waals surface area (Å²) in [4.78, 5) is 17.1. The molecule has 0 aliphatic carbocycles. The number of sulfonamides is 1. The lowest BCUT2D eigenvalue weighted by Gasteiger charge is -2.10. The number of carbonyl (C=O) groups excluding carboxylic acids is 1. The quantitative estimate of drug-likeness (QED) is 0.765. The predicted octanol–water partition coefficient (Wildman–Crippen LogP) is 2.09. The van der Waals surface area contributed by atoms with Crippen LogP contribution in [0, 0.1) is 27.7 Å². The average molecular weight is 367 g/mol. The van der Waals surface area contributed by atoms with Crippen molar-refractivity contribution in [3.05, 3.63) is 44.9 Å². The molecule has 8 heteroatoms. The molecule has 2 rings (SSSR count). The van der Waals surface area contributed by atoms with Gasteiger partial charge < -0.3 is 5.32 Å². The maximum absolute atomic E-state index is 12.3. The monoisotopic (exact) mass is 367 g/mol. The maximum Gasteiger partial charge on any atom is 0.263 e. The second kappa shape index (κ2) is 7.42. The molecular weight excluding hydrogens is 346 g/mol. The second-order valence-electron chi connectivity index (χ2n) is 5.57. The van der Waals surface area contributed by atoms with E-state index in [-0.39, 0.29) is 23.9 Å². The topological polar surface area (TPSA) is 88.2 Å². The van der Waals surface area contributed by atoms with Crippen LogP contribution in [0.2, 0.25) is 0 Å². The van der Waals surface area contributed by atoms with Gasteiger partial charge in [-0.15, -0.1) is 11.3 Å². The van der Waals surface area contributed by atoms with Gasteiger partial charge in [-0.3, -0.25) is 4.79 Å². The molecule has 1 amide bonds. The van der Waals surface area contributed by atoms with E-state index in [9.17, 15) is 13.2 Å². The lowest BCUT2D eigenvalue weighted by Crippen LogP contribution is -2.34. The van der Waals surface area contributed by atoms with Crippen molar-refractivity contribution < 1.29 is 13.2 Å². The lowest BCUT2D eigenvalue weighted by atomic mass is 10.2. The van der Waals surface area contributed by atoms with Crippen molar-refractivity contribution >= 4 is 27.3 Å². The minimum atomic E-state index is -3.59. The molecule has 2 aromatic rings. The highest BCUT2D eigenvalue weighted by atomic mass is 32.2. The van der Waals surface area contributed by atoms with E-state index in [1.165, 1.54) is 11.3 Å². The van der Waals surface area contributed by atoms with Crippen molar-refractivity contribution in [2.24, 2.45) is 0 Å². The molecule has 130 valence electrons. The average Bonchev–Trinajstić information content (AvgIpc) is 2.84. The Morgan fingerprint density at radius 2 is 1.88 bits per heavy atom. The number of benzene rings is 1. The number of nitrogens with one attached hydrogen (secondary N) is 2. The standard InChI is InChI=1S/C16H21N3O3S2/c1-10-5-6-11(2)14(9-10)24(21,22)18-8-7-17-16(20)15-12(3)19-13(4)23-15/h5-6,9,18H,7-8H2,1-4H3,(H,17,20). The molecule has 0 fully saturated rings. The van der Waals surface area contributed by atoms with Crippen molar-refractivity contribution in [2.45, 2.75) is 32.6 Å². The van der Waals surface area contributed by atoms with E-state index in [0.717, 1.165) is 10.6 Å². The number of amides is 1. The number of aromatic nitrogens is 1. The number of nitrogens with zero attached hydrogens (tertiary/aromatic N) is 1. The smallest absolute Gasteiger partial charge is 0.263 e. The molecule has 1 heterocycles. The minimum Gasteiger partial charge on any atom is -0.350 e. The number of thiazole rings is 1. The SMILES string of the molecule is Cc1ccc(C)c(S(=O)(=O)NCCNC(=O)c2sc(C)nc2C)c1. The van der Waals surface area contributed by atoms with Gasteiger partial charge in [-0.1, -0.05) is 12.1 Å². The van der Waals surface area contributed by atoms with Crippen LogP contribution >= 0.6 is 11.3 Å². The summed E-state index contributed by atoms with van der Waals surface area (Å²) in [6.07, 6.45) is 0. The van der Waals surface area contributed by atoms with Crippen LogP contribution in [-0.4, -0.2) is 32.4 Å². The predicted molar refractivity (Wildman–Crippen MR) is 95.0 cm³/mol. The van der Waals surface area contributed by atoms with Crippen LogP contribution in [0.1, 0.15) is 31.5 Å². The van der Waals surface area contributed by atoms with Crippen LogP contribution in [0.15, 0.2) is 23.1 Å². The van der Waals surface area contributed by atoms with Gasteiger partial charge in [0.05, 0.1) is 15.6 Å². The number of aryl methyl sites for hydroxylation is 4. The van der Waals surface area contributed by atoms with Gasteiger partial charge in [0.2, 0.25) is 10.0 Å². The van der Waals surface area contributed by atoms with Gasteiger partial charge in [0, 0.05) is 13.1 Å². The molecule has 2 N–H and O–H groups in total. The molecule has 6 nitrogen and oxygen atoms in total. The van der Waals surface area contributed by atoms with E-state index in [0.29, 0.717) is 16.1 Å². The Hall–Kier alpha value is -1.77. The van der Waals surface area contributed by atoms with Crippen molar-refractivity contribution in [2.75, 3.05) is 13.1 Å². The third kappa shape index (κ3) is 4.40. The Labute approximate surface area is 146 Å². The van der Waals surface area contributed by atoms with Crippen molar-refractivity contribution in [3.8, 4) is 0 Å². The van der Waals surface area contributed by atoms with E-state index in [4.69, 9.17) is 0 Å². The minimum absolute atomic E-state index is 0.123. The molecule has 0 saturated heterocycles. The summed E-state index contributed by atoms with van der Waals surface area (Å²) < 4.78 is 27.2. The largest absolute Gasteiger partial charge is 0.350 e. The Kier molecular flexibility index (Phi) is 5.74. The van der Waals surface area contributed by atoms with Crippen LogP contribution in [0.25, 0.3) is 0 Å². The van der Waals surface area contributed by atoms with Crippen LogP contribution in [0.3, 0.4) is 0 Å². The highest BCUT2D eigenvalue weighted by Crippen LogP contribution is 2.17. The molecule has 0 atom stereocenters. The molecule has 0 aliphatic heterocycles. The van der Waals surface area contributed by atoms with Gasteiger partial charge in [-0.25, -0.2) is 18.1 Å². The molecule has 0 bridgehead atoms. The number of carbonyl (C=O) groups is 1. The van der Waals surface area contributed by atoms with Crippen molar-refractivity contribution in [1.29, 1.82) is 0 Å². The zero-order valence-electron chi connectivity index (χ0n) is 14.1. The molecule has 0 saturated carbocycles. The number of rotatable bonds is 6. The second-order valence-corrected chi connectivity index (χ2v) is 8.51. The Balaban J connectivity index is 1.93. The summed E-state index contributed by atoms with van der Waals surface area (Å²) in [5.74, 6) is -0.232. The molecule has 0 aliphatic rings. The van der Waals surface area contributed by atoms with Gasteiger partial charge in [-0.2, -0.15) is 0 Å². The summed E-state index contributed by atoms with van der Waals surface area (Å²) >= 11 is 1.32. The molecule has 1 aromatic carbocycles. The first-order valence-corrected chi connectivity index (χ1v) is 9.80. The fourth-order valence-corrected chi connectivity index (χ4v) is 4.45. The summed E-state index contributed by atoms with van der Waals surface area (Å²) in [6.45, 7) is 7.55. The maximum atomic E-state index is 12.3. The summed E-state index contributed by atoms with van der Waals surface area (Å²) in [7, 11) is -3.59. The van der Waals surface area contributed by atoms with Crippen LogP contribution in [0.5, 0.6) is 0 Å². The Bertz CT molecular complexity index is 857. The molecule has 0 unspecified atom stereocenters. The number of hydrogen-bond acceptors (Lipinski definition) is 5. The fourth-order valence-electron chi connectivity index (χ4n) is 2.26. The first-order valence-electron chi connectivity index (χ1n) is 7.50. The van der Waals surface area contributed by atoms with E-state index >= 15 is 0 Å². The van der Waals surface area contributed by atoms with Gasteiger partial charge in [0.25, 0.3) is 5.91 Å². The van der Waals surface area contributed by atoms with Gasteiger partial charge in [0.15, 0.2) is 0 Å². The highest BCUT2D eigenvalue weighted by Gasteiger charge is 2.17. The molecular formula is C16H21N3O3S2. The summed E-state index contributed by atoms with van der Waals surface area (Å²) in [6, 6.07) is 5.29. The van der Waals surface area contributed by atoms with Crippen molar-refractivity contribution in [3.63, 3.8) is 0 Å². The van der Waals surface area contributed by atoms with Crippen LogP contribution < -0.4 is 10.0 Å². The molecule has 24 heavy (non-hydrogen) atoms. The van der Waals surface area contributed by atoms with E-state index < -0.39 is 10.0 Å². The van der Waals surface area contributed by atoms with E-state index in [1.54, 1.807) is 26.0 Å². The molecule has 0 radical (unpaired) electrons. The summed E-state index contributed by atoms with van der Waals surface area (Å²) in [5, 5.41) is 3.53. The normalized spacial score (nSPS) is 11.5. The Morgan fingerprint density at radius 3 is 2.50 bits per heavy atom. The van der Waals surface area contributed by atoms with Gasteiger partial charge >= 0.3 is 0 Å². The first kappa shape index (κ1) is 18.6. The van der Waals surface area contributed by atoms with Crippen LogP contribution in [-0.2, 0) is 10.0 Å². The molecule has 0 spiro atoms. The van der Waals surface area contributed by atoms with Gasteiger partial charge in [0.1, 0.15) is 4.88 Å². The lowest BCUT2D eigenvalue weighted by molar-refractivity contribution is 0.0957. The fraction of sp³-hybridized carbons (Fsp3) is 0.375. The highest BCUT2D eigenvalue weighted by molar-refractivity contribution is 7.89. The van der Waals surface area contributed by atoms with Crippen LogP contribution in [0.4, 0.5) is 0 Å². The van der Waals surface area contributed by atoms with E-state index in [2.05, 4.69) is 15.0 Å². The zero-order chi connectivity index (χ0) is 17.9. The van der Waals surface area contributed by atoms with Crippen molar-refractivity contribution in [1.82, 2.24) is 15.0 Å². The third-order valence-electron chi connectivity index (χ3n) is 3.45. The molecule has 1 aromatic heterocycles. The van der Waals surface area contributed by atoms with E-state index in [1.807, 2.05) is 19.9 Å². The summed E-state index contributed by atoms with van der Waals surface area (Å²) in [5.41, 5.74) is 2.25. The number of hydrogen-bond donors (Lipinski definition) is 2. The zero-order valence-corrected chi connectivity index (χ0v) is 15.8.